The molecule has 2 nitrogen and oxygen atoms in total. The van der Waals surface area contributed by atoms with E-state index in [4.69, 9.17) is 11.6 Å². The third-order valence-electron chi connectivity index (χ3n) is 5.63. The molecule has 0 aromatic heterocycles. The van der Waals surface area contributed by atoms with Crippen LogP contribution in [0.15, 0.2) is 84.9 Å². The number of likely N-dealkylation sites (tertiary alicyclic amines) is 1. The first-order valence-corrected chi connectivity index (χ1v) is 10.5. The summed E-state index contributed by atoms with van der Waals surface area (Å²) in [5.74, 6) is 0. The Bertz CT molecular complexity index is 801. The summed E-state index contributed by atoms with van der Waals surface area (Å²) in [5, 5.41) is 4.52. The Hall–Kier alpha value is -2.13. The summed E-state index contributed by atoms with van der Waals surface area (Å²) in [7, 11) is 0. The molecule has 1 fully saturated rings. The van der Waals surface area contributed by atoms with E-state index in [9.17, 15) is 0 Å². The monoisotopic (exact) mass is 390 g/mol. The molecular formula is C25H27ClN2. The van der Waals surface area contributed by atoms with Crippen molar-refractivity contribution in [1.29, 1.82) is 0 Å². The minimum absolute atomic E-state index is 0.333. The molecule has 0 bridgehead atoms. The van der Waals surface area contributed by atoms with Crippen LogP contribution in [0.4, 0.5) is 0 Å². The van der Waals surface area contributed by atoms with Crippen LogP contribution in [-0.4, -0.2) is 24.0 Å². The van der Waals surface area contributed by atoms with E-state index in [1.54, 1.807) is 0 Å². The maximum Gasteiger partial charge on any atom is 0.0601 e. The molecule has 0 saturated carbocycles. The lowest BCUT2D eigenvalue weighted by Crippen LogP contribution is -2.43. The summed E-state index contributed by atoms with van der Waals surface area (Å²) in [6.45, 7) is 3.11. The van der Waals surface area contributed by atoms with Crippen molar-refractivity contribution in [2.75, 3.05) is 13.1 Å². The quantitative estimate of drug-likeness (QED) is 0.582. The molecule has 0 radical (unpaired) electrons. The van der Waals surface area contributed by atoms with Gasteiger partial charge in [0.1, 0.15) is 0 Å². The van der Waals surface area contributed by atoms with Crippen LogP contribution >= 0.6 is 11.6 Å². The van der Waals surface area contributed by atoms with Crippen molar-refractivity contribution in [1.82, 2.24) is 10.2 Å². The van der Waals surface area contributed by atoms with Gasteiger partial charge in [0, 0.05) is 30.7 Å². The highest BCUT2D eigenvalue weighted by Gasteiger charge is 2.27. The van der Waals surface area contributed by atoms with Crippen molar-refractivity contribution in [3.05, 3.63) is 107 Å². The van der Waals surface area contributed by atoms with Gasteiger partial charge in [0.15, 0.2) is 0 Å². The van der Waals surface area contributed by atoms with Crippen LogP contribution in [0.3, 0.4) is 0 Å². The van der Waals surface area contributed by atoms with Gasteiger partial charge in [-0.05, 0) is 41.7 Å². The average Bonchev–Trinajstić information content (AvgIpc) is 2.76. The third-order valence-corrected chi connectivity index (χ3v) is 5.89. The Morgan fingerprint density at radius 3 is 1.86 bits per heavy atom. The number of nitrogens with zero attached hydrogens (tertiary/aromatic N) is 1. The van der Waals surface area contributed by atoms with Crippen molar-refractivity contribution in [3.63, 3.8) is 0 Å². The minimum Gasteiger partial charge on any atom is -0.310 e. The van der Waals surface area contributed by atoms with Crippen molar-refractivity contribution in [2.45, 2.75) is 31.5 Å². The number of hydrogen-bond acceptors (Lipinski definition) is 2. The predicted molar refractivity (Wildman–Crippen MR) is 118 cm³/mol. The molecule has 1 heterocycles. The van der Waals surface area contributed by atoms with Gasteiger partial charge in [-0.15, -0.1) is 0 Å². The fraction of sp³-hybridized carbons (Fsp3) is 0.280. The standard InChI is InChI=1S/C25H27ClN2/c26-23-13-11-20(12-14-23)19-27-24-15-17-28(18-16-24)25(21-7-3-1-4-8-21)22-9-5-2-6-10-22/h1-14,24-25,27H,15-19H2. The molecule has 1 aliphatic heterocycles. The van der Waals surface area contributed by atoms with Gasteiger partial charge in [0.05, 0.1) is 6.04 Å². The molecule has 1 saturated heterocycles. The van der Waals surface area contributed by atoms with Crippen LogP contribution in [0.25, 0.3) is 0 Å². The lowest BCUT2D eigenvalue weighted by Gasteiger charge is -2.38. The Kier molecular flexibility index (Phi) is 6.43. The van der Waals surface area contributed by atoms with Crippen LogP contribution in [0.2, 0.25) is 5.02 Å². The molecule has 0 aliphatic carbocycles. The van der Waals surface area contributed by atoms with Gasteiger partial charge in [0.25, 0.3) is 0 Å². The van der Waals surface area contributed by atoms with Crippen LogP contribution in [0.1, 0.15) is 35.6 Å². The van der Waals surface area contributed by atoms with E-state index in [1.165, 1.54) is 29.5 Å². The molecule has 3 aromatic rings. The zero-order chi connectivity index (χ0) is 19.2. The van der Waals surface area contributed by atoms with E-state index in [0.29, 0.717) is 12.1 Å². The zero-order valence-corrected chi connectivity index (χ0v) is 16.9. The SMILES string of the molecule is Clc1ccc(CNC2CCN(C(c3ccccc3)c3ccccc3)CC2)cc1. The Labute approximate surface area is 173 Å². The van der Waals surface area contributed by atoms with E-state index in [0.717, 1.165) is 24.7 Å². The molecule has 0 amide bonds. The molecule has 0 unspecified atom stereocenters. The minimum atomic E-state index is 0.333. The first kappa shape index (κ1) is 19.2. The first-order valence-electron chi connectivity index (χ1n) is 10.1. The number of rotatable bonds is 6. The molecular weight excluding hydrogens is 364 g/mol. The van der Waals surface area contributed by atoms with Crippen LogP contribution < -0.4 is 5.32 Å². The van der Waals surface area contributed by atoms with Gasteiger partial charge in [-0.2, -0.15) is 0 Å². The summed E-state index contributed by atoms with van der Waals surface area (Å²) in [6.07, 6.45) is 2.34. The van der Waals surface area contributed by atoms with E-state index in [1.807, 2.05) is 12.1 Å². The predicted octanol–water partition coefficient (Wildman–Crippen LogP) is 5.68. The first-order chi connectivity index (χ1) is 13.8. The molecule has 1 N–H and O–H groups in total. The maximum absolute atomic E-state index is 5.98. The molecule has 144 valence electrons. The second-order valence-corrected chi connectivity index (χ2v) is 7.98. The molecule has 1 aliphatic rings. The highest BCUT2D eigenvalue weighted by molar-refractivity contribution is 6.30. The maximum atomic E-state index is 5.98. The summed E-state index contributed by atoms with van der Waals surface area (Å²) >= 11 is 5.98. The fourth-order valence-corrected chi connectivity index (χ4v) is 4.24. The molecule has 28 heavy (non-hydrogen) atoms. The van der Waals surface area contributed by atoms with Crippen LogP contribution in [0, 0.1) is 0 Å². The Morgan fingerprint density at radius 1 is 0.786 bits per heavy atom. The number of halogens is 1. The van der Waals surface area contributed by atoms with E-state index >= 15 is 0 Å². The van der Waals surface area contributed by atoms with Crippen molar-refractivity contribution < 1.29 is 0 Å². The Morgan fingerprint density at radius 2 is 1.32 bits per heavy atom. The van der Waals surface area contributed by atoms with E-state index < -0.39 is 0 Å². The zero-order valence-electron chi connectivity index (χ0n) is 16.1. The molecule has 4 rings (SSSR count). The highest BCUT2D eigenvalue weighted by Crippen LogP contribution is 2.31. The number of benzene rings is 3. The topological polar surface area (TPSA) is 15.3 Å². The lowest BCUT2D eigenvalue weighted by molar-refractivity contribution is 0.162. The van der Waals surface area contributed by atoms with Crippen molar-refractivity contribution in [3.8, 4) is 0 Å². The van der Waals surface area contributed by atoms with Gasteiger partial charge < -0.3 is 5.32 Å². The fourth-order valence-electron chi connectivity index (χ4n) is 4.11. The van der Waals surface area contributed by atoms with Gasteiger partial charge in [0.2, 0.25) is 0 Å². The van der Waals surface area contributed by atoms with Gasteiger partial charge in [-0.1, -0.05) is 84.4 Å². The Balaban J connectivity index is 1.40. The molecule has 3 aromatic carbocycles. The second kappa shape index (κ2) is 9.38. The van der Waals surface area contributed by atoms with Crippen LogP contribution in [0.5, 0.6) is 0 Å². The van der Waals surface area contributed by atoms with Crippen LogP contribution in [-0.2, 0) is 6.54 Å². The van der Waals surface area contributed by atoms with Gasteiger partial charge in [-0.25, -0.2) is 0 Å². The van der Waals surface area contributed by atoms with Gasteiger partial charge in [-0.3, -0.25) is 4.90 Å². The second-order valence-electron chi connectivity index (χ2n) is 7.54. The number of nitrogens with one attached hydrogen (secondary N) is 1. The summed E-state index contributed by atoms with van der Waals surface area (Å²) in [6, 6.07) is 30.8. The van der Waals surface area contributed by atoms with E-state index in [-0.39, 0.29) is 0 Å². The number of piperidine rings is 1. The van der Waals surface area contributed by atoms with Crippen molar-refractivity contribution in [2.24, 2.45) is 0 Å². The largest absolute Gasteiger partial charge is 0.310 e. The summed E-state index contributed by atoms with van der Waals surface area (Å²) in [4.78, 5) is 2.63. The molecule has 0 atom stereocenters. The average molecular weight is 391 g/mol. The van der Waals surface area contributed by atoms with E-state index in [2.05, 4.69) is 83.0 Å². The lowest BCUT2D eigenvalue weighted by atomic mass is 9.94. The third kappa shape index (κ3) is 4.82. The summed E-state index contributed by atoms with van der Waals surface area (Å²) < 4.78 is 0. The normalized spacial score (nSPS) is 15.8. The number of hydrogen-bond donors (Lipinski definition) is 1. The molecule has 0 spiro atoms. The summed E-state index contributed by atoms with van der Waals surface area (Å²) in [5.41, 5.74) is 4.04. The van der Waals surface area contributed by atoms with Gasteiger partial charge >= 0.3 is 0 Å². The smallest absolute Gasteiger partial charge is 0.0601 e. The molecule has 3 heteroatoms. The van der Waals surface area contributed by atoms with Crippen molar-refractivity contribution >= 4 is 11.6 Å². The highest BCUT2D eigenvalue weighted by atomic mass is 35.5.